The summed E-state index contributed by atoms with van der Waals surface area (Å²) < 4.78 is 13.4. The predicted octanol–water partition coefficient (Wildman–Crippen LogP) is 1.93. The fourth-order valence-electron chi connectivity index (χ4n) is 1.44. The van der Waals surface area contributed by atoms with Gasteiger partial charge in [0, 0.05) is 0 Å². The second-order valence-corrected chi connectivity index (χ2v) is 4.15. The van der Waals surface area contributed by atoms with Gasteiger partial charge in [-0.2, -0.15) is 0 Å². The van der Waals surface area contributed by atoms with Gasteiger partial charge >= 0.3 is 5.97 Å². The Morgan fingerprint density at radius 3 is 2.38 bits per heavy atom. The molecule has 0 saturated heterocycles. The number of aliphatic carboxylic acids is 1. The zero-order valence-corrected chi connectivity index (χ0v) is 9.49. The lowest BCUT2D eigenvalue weighted by atomic mass is 9.89. The predicted molar refractivity (Wildman–Crippen MR) is 58.0 cm³/mol. The van der Waals surface area contributed by atoms with E-state index in [1.54, 1.807) is 12.1 Å². The quantitative estimate of drug-likeness (QED) is 0.828. The van der Waals surface area contributed by atoms with Crippen molar-refractivity contribution in [3.8, 4) is 0 Å². The van der Waals surface area contributed by atoms with Crippen LogP contribution in [0.15, 0.2) is 18.2 Å². The van der Waals surface area contributed by atoms with Gasteiger partial charge < -0.3 is 10.2 Å². The van der Waals surface area contributed by atoms with Gasteiger partial charge in [-0.1, -0.05) is 18.2 Å². The maximum absolute atomic E-state index is 13.4. The lowest BCUT2D eigenvalue weighted by Gasteiger charge is -2.25. The molecule has 0 aliphatic rings. The van der Waals surface area contributed by atoms with Crippen molar-refractivity contribution in [2.75, 3.05) is 0 Å². The largest absolute Gasteiger partial charge is 0.479 e. The molecule has 0 spiro atoms. The van der Waals surface area contributed by atoms with Crippen LogP contribution < -0.4 is 0 Å². The van der Waals surface area contributed by atoms with Crippen LogP contribution in [-0.2, 0) is 10.4 Å². The second kappa shape index (κ2) is 4.22. The molecule has 0 aromatic heterocycles. The Morgan fingerprint density at radius 2 is 1.94 bits per heavy atom. The summed E-state index contributed by atoms with van der Waals surface area (Å²) in [5, 5.41) is 18.5. The van der Waals surface area contributed by atoms with E-state index < -0.39 is 17.7 Å². The van der Waals surface area contributed by atoms with Crippen LogP contribution in [0.4, 0.5) is 4.39 Å². The molecule has 0 heterocycles. The molecule has 2 N–H and O–H groups in total. The van der Waals surface area contributed by atoms with Gasteiger partial charge in [-0.3, -0.25) is 0 Å². The third kappa shape index (κ3) is 2.22. The highest BCUT2D eigenvalue weighted by Crippen LogP contribution is 2.28. The van der Waals surface area contributed by atoms with Gasteiger partial charge in [-0.15, -0.1) is 0 Å². The molecule has 16 heavy (non-hydrogen) atoms. The zero-order valence-electron chi connectivity index (χ0n) is 9.49. The highest BCUT2D eigenvalue weighted by molar-refractivity contribution is 5.74. The number of benzene rings is 1. The number of hydrogen-bond donors (Lipinski definition) is 2. The topological polar surface area (TPSA) is 57.5 Å². The van der Waals surface area contributed by atoms with Gasteiger partial charge in [0.05, 0.1) is 0 Å². The standard InChI is InChI=1S/C12H15FO3/c1-7-4-5-9(6-8(7)2)12(3,16)10(13)11(14)15/h4-6,10,16H,1-3H3,(H,14,15). The number of rotatable bonds is 3. The van der Waals surface area contributed by atoms with Crippen molar-refractivity contribution in [1.82, 2.24) is 0 Å². The number of halogens is 1. The smallest absolute Gasteiger partial charge is 0.341 e. The summed E-state index contributed by atoms with van der Waals surface area (Å²) in [5.74, 6) is -1.66. The van der Waals surface area contributed by atoms with Gasteiger partial charge in [-0.05, 0) is 37.5 Å². The number of carbonyl (C=O) groups is 1. The van der Waals surface area contributed by atoms with E-state index in [2.05, 4.69) is 0 Å². The first-order chi connectivity index (χ1) is 7.26. The van der Waals surface area contributed by atoms with Crippen LogP contribution in [-0.4, -0.2) is 22.4 Å². The number of carboxylic acid groups (broad SMARTS) is 1. The van der Waals surface area contributed by atoms with E-state index in [0.717, 1.165) is 18.1 Å². The summed E-state index contributed by atoms with van der Waals surface area (Å²) in [7, 11) is 0. The van der Waals surface area contributed by atoms with E-state index >= 15 is 0 Å². The van der Waals surface area contributed by atoms with Crippen LogP contribution in [0.1, 0.15) is 23.6 Å². The highest BCUT2D eigenvalue weighted by Gasteiger charge is 2.39. The normalized spacial score (nSPS) is 16.6. The lowest BCUT2D eigenvalue weighted by molar-refractivity contribution is -0.153. The van der Waals surface area contributed by atoms with Crippen molar-refractivity contribution in [3.63, 3.8) is 0 Å². The minimum Gasteiger partial charge on any atom is -0.479 e. The molecule has 0 saturated carbocycles. The number of alkyl halides is 1. The van der Waals surface area contributed by atoms with Crippen LogP contribution in [0.25, 0.3) is 0 Å². The van der Waals surface area contributed by atoms with E-state index in [9.17, 15) is 14.3 Å². The molecule has 4 heteroatoms. The first-order valence-electron chi connectivity index (χ1n) is 4.93. The van der Waals surface area contributed by atoms with Crippen molar-refractivity contribution in [3.05, 3.63) is 34.9 Å². The lowest BCUT2D eigenvalue weighted by Crippen LogP contribution is -2.39. The van der Waals surface area contributed by atoms with Gasteiger partial charge in [0.15, 0.2) is 0 Å². The summed E-state index contributed by atoms with van der Waals surface area (Å²) in [5.41, 5.74) is 0.149. The number of aliphatic hydroxyl groups is 1. The van der Waals surface area contributed by atoms with Gasteiger partial charge in [0.2, 0.25) is 6.17 Å². The zero-order chi connectivity index (χ0) is 12.5. The van der Waals surface area contributed by atoms with E-state index in [-0.39, 0.29) is 5.56 Å². The maximum Gasteiger partial charge on any atom is 0.341 e. The van der Waals surface area contributed by atoms with E-state index in [1.165, 1.54) is 6.07 Å². The van der Waals surface area contributed by atoms with Crippen molar-refractivity contribution in [1.29, 1.82) is 0 Å². The molecule has 0 aliphatic carbocycles. The Balaban J connectivity index is 3.16. The van der Waals surface area contributed by atoms with Crippen LogP contribution >= 0.6 is 0 Å². The molecule has 0 amide bonds. The Hall–Kier alpha value is -1.42. The summed E-state index contributed by atoms with van der Waals surface area (Å²) in [6.07, 6.45) is -2.34. The summed E-state index contributed by atoms with van der Waals surface area (Å²) in [4.78, 5) is 10.5. The Labute approximate surface area is 93.5 Å². The minimum absolute atomic E-state index is 0.269. The van der Waals surface area contributed by atoms with Crippen molar-refractivity contribution in [2.45, 2.75) is 32.5 Å². The van der Waals surface area contributed by atoms with Crippen molar-refractivity contribution in [2.24, 2.45) is 0 Å². The van der Waals surface area contributed by atoms with Gasteiger partial charge in [0.1, 0.15) is 5.60 Å². The first kappa shape index (κ1) is 12.6. The molecule has 1 aromatic rings. The molecule has 2 atom stereocenters. The van der Waals surface area contributed by atoms with Crippen LogP contribution in [0.3, 0.4) is 0 Å². The van der Waals surface area contributed by atoms with Crippen LogP contribution in [0.5, 0.6) is 0 Å². The molecule has 0 radical (unpaired) electrons. The molecule has 0 bridgehead atoms. The number of hydrogen-bond acceptors (Lipinski definition) is 2. The maximum atomic E-state index is 13.4. The molecule has 3 nitrogen and oxygen atoms in total. The average molecular weight is 226 g/mol. The highest BCUT2D eigenvalue weighted by atomic mass is 19.1. The summed E-state index contributed by atoms with van der Waals surface area (Å²) in [6, 6.07) is 4.87. The third-order valence-electron chi connectivity index (χ3n) is 2.80. The van der Waals surface area contributed by atoms with Crippen molar-refractivity contribution >= 4 is 5.97 Å². The van der Waals surface area contributed by atoms with E-state index in [4.69, 9.17) is 5.11 Å². The molecule has 88 valence electrons. The molecular formula is C12H15FO3. The number of aryl methyl sites for hydroxylation is 2. The molecule has 0 fully saturated rings. The molecule has 1 rings (SSSR count). The second-order valence-electron chi connectivity index (χ2n) is 4.15. The van der Waals surface area contributed by atoms with Crippen molar-refractivity contribution < 1.29 is 19.4 Å². The summed E-state index contributed by atoms with van der Waals surface area (Å²) >= 11 is 0. The Bertz CT molecular complexity index is 413. The molecular weight excluding hydrogens is 211 g/mol. The summed E-state index contributed by atoms with van der Waals surface area (Å²) in [6.45, 7) is 4.87. The van der Waals surface area contributed by atoms with Gasteiger partial charge in [-0.25, -0.2) is 9.18 Å². The third-order valence-corrected chi connectivity index (χ3v) is 2.80. The molecule has 1 aromatic carbocycles. The van der Waals surface area contributed by atoms with E-state index in [0.29, 0.717) is 0 Å². The monoisotopic (exact) mass is 226 g/mol. The van der Waals surface area contributed by atoms with Crippen LogP contribution in [0, 0.1) is 13.8 Å². The fourth-order valence-corrected chi connectivity index (χ4v) is 1.44. The minimum atomic E-state index is -2.34. The van der Waals surface area contributed by atoms with Gasteiger partial charge in [0.25, 0.3) is 0 Å². The Kier molecular flexibility index (Phi) is 3.33. The number of carboxylic acids is 1. The van der Waals surface area contributed by atoms with E-state index in [1.807, 2.05) is 13.8 Å². The van der Waals surface area contributed by atoms with Crippen LogP contribution in [0.2, 0.25) is 0 Å². The average Bonchev–Trinajstić information content (AvgIpc) is 2.20. The fraction of sp³-hybridized carbons (Fsp3) is 0.417. The first-order valence-corrected chi connectivity index (χ1v) is 4.93. The SMILES string of the molecule is Cc1ccc(C(C)(O)C(F)C(=O)O)cc1C. The Morgan fingerprint density at radius 1 is 1.38 bits per heavy atom. The molecule has 2 unspecified atom stereocenters. The molecule has 0 aliphatic heterocycles.